The third kappa shape index (κ3) is 4.01. The molecule has 1 amide bonds. The molecule has 116 valence electrons. The molecule has 1 aromatic rings. The van der Waals surface area contributed by atoms with Gasteiger partial charge < -0.3 is 10.2 Å². The summed E-state index contributed by atoms with van der Waals surface area (Å²) < 4.78 is -0.252. The summed E-state index contributed by atoms with van der Waals surface area (Å²) >= 11 is 1.77. The Balaban J connectivity index is 2.12. The molecule has 0 aliphatic heterocycles. The largest absolute Gasteiger partial charge is 0.343 e. The molecule has 21 heavy (non-hydrogen) atoms. The zero-order valence-corrected chi connectivity index (χ0v) is 14.1. The molecular formula is C17H26N2OS. The second kappa shape index (κ2) is 7.32. The molecule has 2 rings (SSSR count). The Morgan fingerprint density at radius 2 is 1.90 bits per heavy atom. The van der Waals surface area contributed by atoms with Gasteiger partial charge in [0, 0.05) is 25.0 Å². The maximum Gasteiger partial charge on any atom is 0.238 e. The van der Waals surface area contributed by atoms with Gasteiger partial charge in [-0.1, -0.05) is 30.5 Å². The number of aryl methyl sites for hydroxylation is 1. The van der Waals surface area contributed by atoms with Gasteiger partial charge in [-0.15, -0.1) is 11.8 Å². The van der Waals surface area contributed by atoms with E-state index in [1.54, 1.807) is 11.8 Å². The van der Waals surface area contributed by atoms with E-state index in [9.17, 15) is 4.79 Å². The van der Waals surface area contributed by atoms with Gasteiger partial charge in [-0.25, -0.2) is 0 Å². The lowest BCUT2D eigenvalue weighted by molar-refractivity contribution is -0.132. The monoisotopic (exact) mass is 306 g/mol. The first-order chi connectivity index (χ1) is 10.1. The van der Waals surface area contributed by atoms with Gasteiger partial charge in [0.1, 0.15) is 0 Å². The summed E-state index contributed by atoms with van der Waals surface area (Å²) in [5, 5.41) is 3.11. The maximum absolute atomic E-state index is 12.9. The highest BCUT2D eigenvalue weighted by Crippen LogP contribution is 2.46. The minimum absolute atomic E-state index is 0.252. The highest BCUT2D eigenvalue weighted by Gasteiger charge is 2.43. The standard InChI is InChI=1S/C17H26N2OS/c1-14-6-8-15(9-7-14)21-17(10-4-5-11-17)16(20)19(3)13-12-18-2/h6-9,18H,4-5,10-13H2,1-3H3. The van der Waals surface area contributed by atoms with Crippen molar-refractivity contribution in [1.82, 2.24) is 10.2 Å². The second-order valence-electron chi connectivity index (χ2n) is 5.95. The molecule has 0 spiro atoms. The van der Waals surface area contributed by atoms with E-state index in [1.807, 2.05) is 19.0 Å². The first-order valence-electron chi connectivity index (χ1n) is 7.73. The maximum atomic E-state index is 12.9. The number of hydrogen-bond donors (Lipinski definition) is 1. The van der Waals surface area contributed by atoms with Crippen molar-refractivity contribution in [2.24, 2.45) is 0 Å². The third-order valence-electron chi connectivity index (χ3n) is 4.18. The summed E-state index contributed by atoms with van der Waals surface area (Å²) in [6.07, 6.45) is 4.30. The quantitative estimate of drug-likeness (QED) is 0.876. The average molecular weight is 306 g/mol. The van der Waals surface area contributed by atoms with Crippen LogP contribution in [-0.4, -0.2) is 42.7 Å². The molecule has 0 saturated heterocycles. The van der Waals surface area contributed by atoms with Crippen LogP contribution in [0.2, 0.25) is 0 Å². The normalized spacial score (nSPS) is 16.9. The Morgan fingerprint density at radius 3 is 2.48 bits per heavy atom. The van der Waals surface area contributed by atoms with Crippen LogP contribution in [-0.2, 0) is 4.79 Å². The van der Waals surface area contributed by atoms with Crippen LogP contribution in [0, 0.1) is 6.92 Å². The summed E-state index contributed by atoms with van der Waals surface area (Å²) in [6, 6.07) is 8.53. The molecule has 1 aliphatic carbocycles. The molecule has 0 bridgehead atoms. The van der Waals surface area contributed by atoms with Crippen LogP contribution in [0.1, 0.15) is 31.2 Å². The molecule has 1 aliphatic rings. The molecular weight excluding hydrogens is 280 g/mol. The van der Waals surface area contributed by atoms with Crippen molar-refractivity contribution in [3.05, 3.63) is 29.8 Å². The lowest BCUT2D eigenvalue weighted by Crippen LogP contribution is -2.45. The van der Waals surface area contributed by atoms with Gasteiger partial charge in [-0.05, 0) is 38.9 Å². The number of likely N-dealkylation sites (N-methyl/N-ethyl adjacent to an activating group) is 2. The number of nitrogens with zero attached hydrogens (tertiary/aromatic N) is 1. The predicted octanol–water partition coefficient (Wildman–Crippen LogP) is 3.08. The Labute approximate surface area is 132 Å². The molecule has 3 nitrogen and oxygen atoms in total. The highest BCUT2D eigenvalue weighted by molar-refractivity contribution is 8.01. The number of carbonyl (C=O) groups excluding carboxylic acids is 1. The van der Waals surface area contributed by atoms with E-state index in [0.29, 0.717) is 5.91 Å². The summed E-state index contributed by atoms with van der Waals surface area (Å²) in [6.45, 7) is 3.70. The van der Waals surface area contributed by atoms with Crippen LogP contribution in [0.25, 0.3) is 0 Å². The summed E-state index contributed by atoms with van der Waals surface area (Å²) in [7, 11) is 3.85. The van der Waals surface area contributed by atoms with Crippen molar-refractivity contribution in [2.75, 3.05) is 27.2 Å². The van der Waals surface area contributed by atoms with Crippen molar-refractivity contribution in [1.29, 1.82) is 0 Å². The van der Waals surface area contributed by atoms with Crippen LogP contribution >= 0.6 is 11.8 Å². The van der Waals surface area contributed by atoms with Gasteiger partial charge in [0.25, 0.3) is 0 Å². The van der Waals surface area contributed by atoms with E-state index < -0.39 is 0 Å². The Bertz CT molecular complexity index is 466. The van der Waals surface area contributed by atoms with Crippen LogP contribution in [0.5, 0.6) is 0 Å². The zero-order valence-electron chi connectivity index (χ0n) is 13.3. The number of hydrogen-bond acceptors (Lipinski definition) is 3. The van der Waals surface area contributed by atoms with E-state index in [4.69, 9.17) is 0 Å². The summed E-state index contributed by atoms with van der Waals surface area (Å²) in [5.74, 6) is 0.292. The molecule has 0 unspecified atom stereocenters. The van der Waals surface area contributed by atoms with Gasteiger partial charge >= 0.3 is 0 Å². The second-order valence-corrected chi connectivity index (χ2v) is 7.40. The van der Waals surface area contributed by atoms with Crippen molar-refractivity contribution >= 4 is 17.7 Å². The van der Waals surface area contributed by atoms with Gasteiger partial charge in [0.2, 0.25) is 5.91 Å². The number of amides is 1. The smallest absolute Gasteiger partial charge is 0.238 e. The molecule has 0 aromatic heterocycles. The minimum Gasteiger partial charge on any atom is -0.343 e. The molecule has 1 aromatic carbocycles. The molecule has 0 atom stereocenters. The van der Waals surface area contributed by atoms with E-state index in [2.05, 4.69) is 36.5 Å². The van der Waals surface area contributed by atoms with Crippen molar-refractivity contribution in [3.63, 3.8) is 0 Å². The first kappa shape index (κ1) is 16.4. The number of rotatable bonds is 6. The number of nitrogens with one attached hydrogen (secondary N) is 1. The van der Waals surface area contributed by atoms with Gasteiger partial charge in [-0.2, -0.15) is 0 Å². The lowest BCUT2D eigenvalue weighted by Gasteiger charge is -2.32. The summed E-state index contributed by atoms with van der Waals surface area (Å²) in [4.78, 5) is 16.0. The topological polar surface area (TPSA) is 32.3 Å². The first-order valence-corrected chi connectivity index (χ1v) is 8.55. The number of benzene rings is 1. The Morgan fingerprint density at radius 1 is 1.29 bits per heavy atom. The molecule has 0 heterocycles. The molecule has 1 fully saturated rings. The Hall–Kier alpha value is -1.00. The fourth-order valence-electron chi connectivity index (χ4n) is 2.87. The zero-order chi connectivity index (χ0) is 15.3. The van der Waals surface area contributed by atoms with E-state index in [1.165, 1.54) is 10.5 Å². The minimum atomic E-state index is -0.252. The van der Waals surface area contributed by atoms with Crippen LogP contribution in [0.3, 0.4) is 0 Å². The van der Waals surface area contributed by atoms with Crippen molar-refractivity contribution in [3.8, 4) is 0 Å². The van der Waals surface area contributed by atoms with Crippen LogP contribution in [0.15, 0.2) is 29.2 Å². The van der Waals surface area contributed by atoms with Crippen LogP contribution in [0.4, 0.5) is 0 Å². The van der Waals surface area contributed by atoms with Crippen LogP contribution < -0.4 is 5.32 Å². The summed E-state index contributed by atoms with van der Waals surface area (Å²) in [5.41, 5.74) is 1.26. The lowest BCUT2D eigenvalue weighted by atomic mass is 10.1. The van der Waals surface area contributed by atoms with E-state index in [0.717, 1.165) is 38.8 Å². The fourth-order valence-corrected chi connectivity index (χ4v) is 4.33. The predicted molar refractivity (Wildman–Crippen MR) is 89.8 cm³/mol. The van der Waals surface area contributed by atoms with E-state index in [-0.39, 0.29) is 4.75 Å². The molecule has 0 radical (unpaired) electrons. The Kier molecular flexibility index (Phi) is 5.71. The van der Waals surface area contributed by atoms with Crippen molar-refractivity contribution in [2.45, 2.75) is 42.2 Å². The van der Waals surface area contributed by atoms with Gasteiger partial charge in [0.05, 0.1) is 4.75 Å². The van der Waals surface area contributed by atoms with Crippen molar-refractivity contribution < 1.29 is 4.79 Å². The molecule has 1 N–H and O–H groups in total. The number of thioether (sulfide) groups is 1. The van der Waals surface area contributed by atoms with Gasteiger partial charge in [0.15, 0.2) is 0 Å². The molecule has 1 saturated carbocycles. The van der Waals surface area contributed by atoms with Gasteiger partial charge in [-0.3, -0.25) is 4.79 Å². The molecule has 4 heteroatoms. The number of carbonyl (C=O) groups is 1. The highest BCUT2D eigenvalue weighted by atomic mass is 32.2. The average Bonchev–Trinajstić information content (AvgIpc) is 2.96. The van der Waals surface area contributed by atoms with E-state index >= 15 is 0 Å². The SMILES string of the molecule is CNCCN(C)C(=O)C1(Sc2ccc(C)cc2)CCCC1. The fraction of sp³-hybridized carbons (Fsp3) is 0.588. The third-order valence-corrected chi connectivity index (χ3v) is 5.66.